The van der Waals surface area contributed by atoms with Crippen molar-refractivity contribution in [3.8, 4) is 0 Å². The first-order valence-electron chi connectivity index (χ1n) is 5.36. The van der Waals surface area contributed by atoms with Crippen molar-refractivity contribution in [1.82, 2.24) is 10.3 Å². The molecule has 82 valence electrons. The Kier molecular flexibility index (Phi) is 3.57. The Bertz CT molecular complexity index is 335. The maximum atomic E-state index is 5.93. The van der Waals surface area contributed by atoms with Gasteiger partial charge in [-0.3, -0.25) is 0 Å². The first-order valence-corrected chi connectivity index (χ1v) is 5.74. The number of pyridine rings is 1. The van der Waals surface area contributed by atoms with Crippen LogP contribution >= 0.6 is 11.6 Å². The number of hydrogen-bond acceptors (Lipinski definition) is 3. The molecule has 0 bridgehead atoms. The fraction of sp³-hybridized carbons (Fsp3) is 0.545. The van der Waals surface area contributed by atoms with Crippen molar-refractivity contribution in [2.24, 2.45) is 5.73 Å². The number of aromatic nitrogens is 1. The number of nitrogens with two attached hydrogens (primary N) is 1. The second-order valence-corrected chi connectivity index (χ2v) is 4.32. The second kappa shape index (κ2) is 4.92. The molecule has 1 aromatic rings. The van der Waals surface area contributed by atoms with E-state index in [9.17, 15) is 0 Å². The molecular weight excluding hydrogens is 210 g/mol. The first-order chi connectivity index (χ1) is 7.31. The SMILES string of the molecule is NCc1cc(C2CCCNC2)cnc1Cl. The van der Waals surface area contributed by atoms with Crippen LogP contribution in [0, 0.1) is 0 Å². The molecule has 3 N–H and O–H groups in total. The van der Waals surface area contributed by atoms with E-state index in [0.717, 1.165) is 18.7 Å². The van der Waals surface area contributed by atoms with Gasteiger partial charge in [0, 0.05) is 24.8 Å². The summed E-state index contributed by atoms with van der Waals surface area (Å²) in [6, 6.07) is 2.09. The molecule has 15 heavy (non-hydrogen) atoms. The zero-order chi connectivity index (χ0) is 10.7. The topological polar surface area (TPSA) is 50.9 Å². The van der Waals surface area contributed by atoms with E-state index in [1.165, 1.54) is 18.4 Å². The van der Waals surface area contributed by atoms with Crippen molar-refractivity contribution in [1.29, 1.82) is 0 Å². The van der Waals surface area contributed by atoms with Crippen molar-refractivity contribution in [3.05, 3.63) is 28.5 Å². The lowest BCUT2D eigenvalue weighted by Gasteiger charge is -2.23. The molecule has 0 radical (unpaired) electrons. The van der Waals surface area contributed by atoms with Crippen molar-refractivity contribution < 1.29 is 0 Å². The number of hydrogen-bond donors (Lipinski definition) is 2. The van der Waals surface area contributed by atoms with E-state index in [4.69, 9.17) is 17.3 Å². The van der Waals surface area contributed by atoms with Gasteiger partial charge in [0.25, 0.3) is 0 Å². The third-order valence-corrected chi connectivity index (χ3v) is 3.26. The van der Waals surface area contributed by atoms with Gasteiger partial charge in [-0.25, -0.2) is 4.98 Å². The number of nitrogens with one attached hydrogen (secondary N) is 1. The van der Waals surface area contributed by atoms with Crippen molar-refractivity contribution >= 4 is 11.6 Å². The van der Waals surface area contributed by atoms with E-state index in [-0.39, 0.29) is 0 Å². The fourth-order valence-electron chi connectivity index (χ4n) is 2.01. The van der Waals surface area contributed by atoms with Gasteiger partial charge < -0.3 is 11.1 Å². The van der Waals surface area contributed by atoms with E-state index in [1.54, 1.807) is 0 Å². The van der Waals surface area contributed by atoms with Crippen LogP contribution in [0.4, 0.5) is 0 Å². The molecule has 0 aliphatic carbocycles. The van der Waals surface area contributed by atoms with Crippen LogP contribution in [0.25, 0.3) is 0 Å². The molecule has 4 heteroatoms. The van der Waals surface area contributed by atoms with Crippen LogP contribution < -0.4 is 11.1 Å². The Morgan fingerprint density at radius 3 is 3.13 bits per heavy atom. The molecule has 1 unspecified atom stereocenters. The molecule has 1 fully saturated rings. The predicted molar refractivity (Wildman–Crippen MR) is 62.0 cm³/mol. The summed E-state index contributed by atoms with van der Waals surface area (Å²) in [4.78, 5) is 4.18. The van der Waals surface area contributed by atoms with Gasteiger partial charge in [0.1, 0.15) is 5.15 Å². The van der Waals surface area contributed by atoms with Crippen LogP contribution in [0.5, 0.6) is 0 Å². The number of rotatable bonds is 2. The average molecular weight is 226 g/mol. The van der Waals surface area contributed by atoms with Gasteiger partial charge in [-0.05, 0) is 36.9 Å². The molecule has 0 saturated carbocycles. The van der Waals surface area contributed by atoms with Gasteiger partial charge in [0.05, 0.1) is 0 Å². The molecule has 2 rings (SSSR count). The molecule has 2 heterocycles. The van der Waals surface area contributed by atoms with Crippen LogP contribution in [0.15, 0.2) is 12.3 Å². The lowest BCUT2D eigenvalue weighted by molar-refractivity contribution is 0.460. The van der Waals surface area contributed by atoms with E-state index >= 15 is 0 Å². The van der Waals surface area contributed by atoms with Gasteiger partial charge in [-0.15, -0.1) is 0 Å². The third-order valence-electron chi connectivity index (χ3n) is 2.92. The number of piperidine rings is 1. The largest absolute Gasteiger partial charge is 0.326 e. The monoisotopic (exact) mass is 225 g/mol. The Labute approximate surface area is 95.0 Å². The smallest absolute Gasteiger partial charge is 0.133 e. The summed E-state index contributed by atoms with van der Waals surface area (Å²) in [6.07, 6.45) is 4.32. The van der Waals surface area contributed by atoms with Gasteiger partial charge in [0.2, 0.25) is 0 Å². The van der Waals surface area contributed by atoms with E-state index in [1.807, 2.05) is 6.20 Å². The summed E-state index contributed by atoms with van der Waals surface area (Å²) in [5.41, 5.74) is 7.81. The van der Waals surface area contributed by atoms with Crippen LogP contribution in [0.3, 0.4) is 0 Å². The lowest BCUT2D eigenvalue weighted by atomic mass is 9.92. The number of halogens is 1. The summed E-state index contributed by atoms with van der Waals surface area (Å²) >= 11 is 5.93. The normalized spacial score (nSPS) is 21.6. The van der Waals surface area contributed by atoms with Gasteiger partial charge in [-0.2, -0.15) is 0 Å². The Hall–Kier alpha value is -0.640. The molecule has 0 spiro atoms. The lowest BCUT2D eigenvalue weighted by Crippen LogP contribution is -2.28. The highest BCUT2D eigenvalue weighted by atomic mass is 35.5. The number of nitrogens with zero attached hydrogens (tertiary/aromatic N) is 1. The molecule has 0 amide bonds. The molecule has 1 aliphatic heterocycles. The summed E-state index contributed by atoms with van der Waals surface area (Å²) in [5, 5.41) is 3.93. The fourth-order valence-corrected chi connectivity index (χ4v) is 2.20. The Morgan fingerprint density at radius 1 is 1.60 bits per heavy atom. The predicted octanol–water partition coefficient (Wildman–Crippen LogP) is 1.66. The zero-order valence-corrected chi connectivity index (χ0v) is 9.43. The highest BCUT2D eigenvalue weighted by Crippen LogP contribution is 2.25. The standard InChI is InChI=1S/C11H16ClN3/c12-11-9(5-13)4-10(7-15-11)8-2-1-3-14-6-8/h4,7-8,14H,1-3,5-6,13H2. The van der Waals surface area contributed by atoms with Crippen LogP contribution in [-0.4, -0.2) is 18.1 Å². The summed E-state index contributed by atoms with van der Waals surface area (Å²) < 4.78 is 0. The van der Waals surface area contributed by atoms with Crippen LogP contribution in [0.2, 0.25) is 5.15 Å². The maximum absolute atomic E-state index is 5.93. The Morgan fingerprint density at radius 2 is 2.47 bits per heavy atom. The van der Waals surface area contributed by atoms with Gasteiger partial charge in [-0.1, -0.05) is 11.6 Å². The average Bonchev–Trinajstić information content (AvgIpc) is 2.31. The third kappa shape index (κ3) is 2.48. The van der Waals surface area contributed by atoms with E-state index in [2.05, 4.69) is 16.4 Å². The van der Waals surface area contributed by atoms with Gasteiger partial charge in [0.15, 0.2) is 0 Å². The Balaban J connectivity index is 2.20. The molecule has 1 saturated heterocycles. The van der Waals surface area contributed by atoms with Crippen molar-refractivity contribution in [2.75, 3.05) is 13.1 Å². The minimum absolute atomic E-state index is 0.458. The quantitative estimate of drug-likeness (QED) is 0.753. The van der Waals surface area contributed by atoms with Crippen molar-refractivity contribution in [3.63, 3.8) is 0 Å². The minimum atomic E-state index is 0.458. The molecule has 1 atom stereocenters. The van der Waals surface area contributed by atoms with Crippen LogP contribution in [0.1, 0.15) is 29.9 Å². The summed E-state index contributed by atoms with van der Waals surface area (Å²) in [6.45, 7) is 2.62. The summed E-state index contributed by atoms with van der Waals surface area (Å²) in [7, 11) is 0. The molecular formula is C11H16ClN3. The molecule has 1 aliphatic rings. The summed E-state index contributed by atoms with van der Waals surface area (Å²) in [5.74, 6) is 0.564. The highest BCUT2D eigenvalue weighted by molar-refractivity contribution is 6.30. The van der Waals surface area contributed by atoms with E-state index in [0.29, 0.717) is 17.6 Å². The second-order valence-electron chi connectivity index (χ2n) is 3.97. The van der Waals surface area contributed by atoms with Crippen molar-refractivity contribution in [2.45, 2.75) is 25.3 Å². The highest BCUT2D eigenvalue weighted by Gasteiger charge is 2.16. The molecule has 3 nitrogen and oxygen atoms in total. The van der Waals surface area contributed by atoms with Gasteiger partial charge >= 0.3 is 0 Å². The van der Waals surface area contributed by atoms with Crippen LogP contribution in [-0.2, 0) is 6.54 Å². The minimum Gasteiger partial charge on any atom is -0.326 e. The molecule has 1 aromatic heterocycles. The first kappa shape index (κ1) is 10.9. The zero-order valence-electron chi connectivity index (χ0n) is 8.67. The maximum Gasteiger partial charge on any atom is 0.133 e. The molecule has 0 aromatic carbocycles. The van der Waals surface area contributed by atoms with E-state index < -0.39 is 0 Å².